The Morgan fingerprint density at radius 2 is 0.807 bits per heavy atom. The summed E-state index contributed by atoms with van der Waals surface area (Å²) in [4.78, 5) is 4.31. The smallest absolute Gasteiger partial charge is 0.390 e. The number of aliphatic hydroxyl groups excluding tert-OH is 3. The first-order valence-electron chi connectivity index (χ1n) is 23.9. The number of fused-ring (bicyclic) bond motifs is 10. The summed E-state index contributed by atoms with van der Waals surface area (Å²) in [5, 5.41) is 44.5. The summed E-state index contributed by atoms with van der Waals surface area (Å²) in [6, 6.07) is 32.4. The van der Waals surface area contributed by atoms with Crippen LogP contribution < -0.4 is 29.6 Å². The van der Waals surface area contributed by atoms with Gasteiger partial charge in [0.1, 0.15) is 24.4 Å². The molecule has 6 aromatic carbocycles. The SMILES string of the molecule is C.C.O=S(Cl)Cl.O=S1O[C@H]2[C@H](COC[C@@H]2n2c3ccc(Cl)cc3c3cc(Cl)ccc32)O1.O[C@H]1[C@@H](O)COC[C@@H]1n1c2ccc(Cl)cc2c2cc(Cl)ccc21.[N-]=[N+]=N[C@@H]1COC[C@H](n2c3ccc(Cl)cc3c3cc(Cl)ccc32)[C@H]1O.[N-]=[N+]=[N-].[Na+]. The van der Waals surface area contributed by atoms with Crippen molar-refractivity contribution in [1.29, 1.82) is 0 Å². The van der Waals surface area contributed by atoms with Crippen LogP contribution in [0.15, 0.2) is 114 Å². The second-order valence-corrected chi connectivity index (χ2v) is 24.3. The van der Waals surface area contributed by atoms with Gasteiger partial charge in [-0.25, -0.2) is 4.21 Å². The molecule has 19 nitrogen and oxygen atoms in total. The molecule has 4 aliphatic heterocycles. The Labute approximate surface area is 541 Å². The summed E-state index contributed by atoms with van der Waals surface area (Å²) >= 11 is 35.3. The quantitative estimate of drug-likeness (QED) is 0.0493. The van der Waals surface area contributed by atoms with E-state index in [0.717, 1.165) is 65.4 Å². The molecule has 4 aliphatic rings. The van der Waals surface area contributed by atoms with E-state index in [1.807, 2.05) is 118 Å². The molecule has 0 amide bonds. The van der Waals surface area contributed by atoms with Crippen molar-refractivity contribution in [2.24, 2.45) is 5.11 Å². The van der Waals surface area contributed by atoms with E-state index in [0.29, 0.717) is 56.6 Å². The molecule has 0 saturated carbocycles. The summed E-state index contributed by atoms with van der Waals surface area (Å²) < 4.78 is 54.6. The minimum absolute atomic E-state index is 0. The van der Waals surface area contributed by atoms with E-state index >= 15 is 0 Å². The van der Waals surface area contributed by atoms with Crippen LogP contribution in [-0.4, -0.2) is 114 Å². The number of halogens is 8. The first-order chi connectivity index (χ1) is 38.4. The predicted molar refractivity (Wildman–Crippen MR) is 330 cm³/mol. The van der Waals surface area contributed by atoms with Crippen molar-refractivity contribution in [3.63, 3.8) is 0 Å². The van der Waals surface area contributed by atoms with Gasteiger partial charge in [-0.1, -0.05) is 89.6 Å². The molecule has 83 heavy (non-hydrogen) atoms. The van der Waals surface area contributed by atoms with Crippen molar-refractivity contribution < 1.29 is 75.9 Å². The van der Waals surface area contributed by atoms with Crippen molar-refractivity contribution in [2.45, 2.75) is 69.5 Å². The van der Waals surface area contributed by atoms with Gasteiger partial charge in [0.25, 0.3) is 0 Å². The van der Waals surface area contributed by atoms with Crippen LogP contribution in [0, 0.1) is 0 Å². The van der Waals surface area contributed by atoms with Crippen molar-refractivity contribution in [1.82, 2.24) is 13.7 Å². The largest absolute Gasteiger partial charge is 1.00 e. The molecular formula is C53H50Cl8N9NaO10S2. The van der Waals surface area contributed by atoms with E-state index < -0.39 is 44.9 Å². The second-order valence-electron chi connectivity index (χ2n) is 18.4. The van der Waals surface area contributed by atoms with Crippen molar-refractivity contribution >= 4 is 177 Å². The molecule has 9 aromatic rings. The van der Waals surface area contributed by atoms with Crippen LogP contribution in [0.25, 0.3) is 91.8 Å². The molecule has 13 rings (SSSR count). The normalized spacial score (nSPS) is 23.5. The van der Waals surface area contributed by atoms with E-state index in [1.54, 1.807) is 0 Å². The standard InChI is InChI=1S/C17H14Cl2N4O2.C17H13Cl2NO4S.C17H15Cl2NO3.2CH4.Cl2OS.N3.Na/c18-9-1-3-14-11(5-9)12-6-10(19)2-4-15(12)23(14)16-8-25-7-13(17(16)24)21-22-20;18-9-1-3-13-11(5-9)12-6-10(19)2-4-14(12)20(13)15-7-22-8-16-17(15)24-25(21)23-16;18-9-1-3-13-11(5-9)12-6-10(19)2-4-14(12)20(13)15-7-23-8-16(21)17(15)22;;;1-4(2)3;1-3-2;/h1-6,13,16-17,24H,7-8H2;1-6,15-17H,7-8H2;1-6,15-17,21-22H,7-8H2;2*1H4;;;/q;;;;;;-1;+1/t13-,16+,17+;15-,16-,17+,25?;15-,16-,17+;;;;;/m100...../s1. The van der Waals surface area contributed by atoms with Crippen LogP contribution in [0.4, 0.5) is 0 Å². The number of nitrogens with zero attached hydrogens (tertiary/aromatic N) is 9. The Morgan fingerprint density at radius 1 is 0.506 bits per heavy atom. The Bertz CT molecular complexity index is 3750. The molecule has 4 fully saturated rings. The molecule has 10 atom stereocenters. The molecule has 7 heterocycles. The van der Waals surface area contributed by atoms with Crippen molar-refractivity contribution in [3.8, 4) is 0 Å². The van der Waals surface area contributed by atoms with Gasteiger partial charge >= 0.3 is 40.9 Å². The van der Waals surface area contributed by atoms with E-state index in [1.165, 1.54) is 4.91 Å². The number of ether oxygens (including phenoxy) is 3. The van der Waals surface area contributed by atoms with Crippen molar-refractivity contribution in [2.75, 3.05) is 39.6 Å². The summed E-state index contributed by atoms with van der Waals surface area (Å²) in [6.07, 6.45) is -3.32. The Hall–Kier alpha value is -3.36. The number of rotatable bonds is 4. The van der Waals surface area contributed by atoms with Gasteiger partial charge in [-0.15, -0.1) is 0 Å². The maximum absolute atomic E-state index is 11.7. The molecule has 0 radical (unpaired) electrons. The molecular weight excluding hydrogens is 1290 g/mol. The summed E-state index contributed by atoms with van der Waals surface area (Å²) in [7, 11) is 7.36. The summed E-state index contributed by atoms with van der Waals surface area (Å²) in [6.45, 7) is 1.83. The average Bonchev–Trinajstić information content (AvgIpc) is 2.31. The number of aromatic nitrogens is 3. The van der Waals surface area contributed by atoms with Gasteiger partial charge in [0, 0.05) is 122 Å². The fraction of sp³-hybridized carbons (Fsp3) is 0.321. The maximum Gasteiger partial charge on any atom is 1.00 e. The number of benzene rings is 6. The molecule has 436 valence electrons. The minimum Gasteiger partial charge on any atom is -0.390 e. The fourth-order valence-electron chi connectivity index (χ4n) is 10.6. The van der Waals surface area contributed by atoms with Crippen LogP contribution >= 0.6 is 91.0 Å². The Kier molecular flexibility index (Phi) is 25.3. The van der Waals surface area contributed by atoms with Crippen molar-refractivity contribution in [3.05, 3.63) is 166 Å². The third kappa shape index (κ3) is 15.0. The second kappa shape index (κ2) is 30.5. The van der Waals surface area contributed by atoms with Crippen LogP contribution in [0.5, 0.6) is 0 Å². The zero-order valence-corrected chi connectivity index (χ0v) is 51.6. The van der Waals surface area contributed by atoms with E-state index in [2.05, 4.69) is 36.0 Å². The van der Waals surface area contributed by atoms with E-state index in [-0.39, 0.29) is 88.0 Å². The van der Waals surface area contributed by atoms with Crippen LogP contribution in [0.1, 0.15) is 33.0 Å². The van der Waals surface area contributed by atoms with E-state index in [9.17, 15) is 19.5 Å². The van der Waals surface area contributed by atoms with Gasteiger partial charge in [0.15, 0.2) is 0 Å². The van der Waals surface area contributed by atoms with Crippen LogP contribution in [0.2, 0.25) is 30.1 Å². The monoisotopic (exact) mass is 1340 g/mol. The first-order valence-corrected chi connectivity index (χ1v) is 30.0. The molecule has 3 N–H and O–H groups in total. The van der Waals surface area contributed by atoms with Gasteiger partial charge < -0.3 is 54.3 Å². The average molecular weight is 1340 g/mol. The zero-order valence-electron chi connectivity index (χ0n) is 41.9. The van der Waals surface area contributed by atoms with Gasteiger partial charge in [-0.2, -0.15) is 4.21 Å². The van der Waals surface area contributed by atoms with Gasteiger partial charge in [-0.05, 0) is 115 Å². The molecule has 0 spiro atoms. The fourth-order valence-corrected chi connectivity index (χ4v) is 12.5. The zero-order chi connectivity index (χ0) is 57.1. The topological polar surface area (TPSA) is 263 Å². The first kappa shape index (κ1) is 68.7. The van der Waals surface area contributed by atoms with E-state index in [4.69, 9.17) is 113 Å². The maximum atomic E-state index is 11.7. The predicted octanol–water partition coefficient (Wildman–Crippen LogP) is 12.3. The third-order valence-electron chi connectivity index (χ3n) is 13.8. The number of azide groups is 1. The Balaban J connectivity index is 0.000000186. The third-order valence-corrected chi connectivity index (χ3v) is 16.0. The van der Waals surface area contributed by atoms with Gasteiger partial charge in [0.2, 0.25) is 9.23 Å². The number of hydrogen-bond acceptors (Lipinski definition) is 11. The summed E-state index contributed by atoms with van der Waals surface area (Å²) in [5.74, 6) is 0. The molecule has 4 saturated heterocycles. The molecule has 30 heteroatoms. The molecule has 1 unspecified atom stereocenters. The van der Waals surface area contributed by atoms with Gasteiger partial charge in [0.05, 0.1) is 69.9 Å². The number of aliphatic hydroxyl groups is 3. The Morgan fingerprint density at radius 3 is 1.16 bits per heavy atom. The molecule has 0 aliphatic carbocycles. The van der Waals surface area contributed by atoms with Crippen LogP contribution in [0.3, 0.4) is 0 Å². The number of hydrogen-bond donors (Lipinski definition) is 3. The van der Waals surface area contributed by atoms with Gasteiger partial charge in [-0.3, -0.25) is 13.3 Å². The van der Waals surface area contributed by atoms with Crippen LogP contribution in [-0.2, 0) is 43.2 Å². The minimum atomic E-state index is -1.74. The molecule has 0 bridgehead atoms. The molecule has 3 aromatic heterocycles. The summed E-state index contributed by atoms with van der Waals surface area (Å²) in [5.41, 5.74) is 27.9.